The lowest BCUT2D eigenvalue weighted by atomic mass is 9.81. The van der Waals surface area contributed by atoms with E-state index in [9.17, 15) is 9.90 Å². The molecule has 0 aromatic carbocycles. The van der Waals surface area contributed by atoms with E-state index in [4.69, 9.17) is 0 Å². The average molecular weight is 210 g/mol. The molecule has 0 aliphatic heterocycles. The number of nitrogens with one attached hydrogen (secondary N) is 1. The smallest absolute Gasteiger partial charge is 0.313 e. The zero-order chi connectivity index (χ0) is 11.5. The number of H-pyrrole nitrogens is 1. The molecule has 1 atom stereocenters. The third-order valence-electron chi connectivity index (χ3n) is 2.77. The molecule has 0 amide bonds. The maximum Gasteiger partial charge on any atom is 0.313 e. The topological polar surface area (TPSA) is 56.3 Å². The molecule has 4 heteroatoms. The van der Waals surface area contributed by atoms with Gasteiger partial charge in [0, 0.05) is 12.4 Å². The Morgan fingerprint density at radius 3 is 2.67 bits per heavy atom. The highest BCUT2D eigenvalue weighted by Gasteiger charge is 2.35. The summed E-state index contributed by atoms with van der Waals surface area (Å²) in [7, 11) is 3.89. The predicted octanol–water partition coefficient (Wildman–Crippen LogP) is 1.31. The second kappa shape index (κ2) is 4.49. The third kappa shape index (κ3) is 2.59. The number of aromatic nitrogens is 1. The van der Waals surface area contributed by atoms with Crippen LogP contribution in [0.5, 0.6) is 0 Å². The van der Waals surface area contributed by atoms with Crippen LogP contribution in [0.4, 0.5) is 0 Å². The van der Waals surface area contributed by atoms with Crippen molar-refractivity contribution in [3.63, 3.8) is 0 Å². The standard InChI is InChI=1S/C11H18N2O2/c1-11(10(14)15,5-7-13(2)3)9-4-6-12-8-9/h4,6,8,12H,5,7H2,1-3H3,(H,14,15). The molecule has 0 saturated carbocycles. The van der Waals surface area contributed by atoms with Crippen LogP contribution in [-0.4, -0.2) is 41.6 Å². The van der Waals surface area contributed by atoms with Gasteiger partial charge in [-0.1, -0.05) is 0 Å². The number of carboxylic acids is 1. The molecule has 2 N–H and O–H groups in total. The van der Waals surface area contributed by atoms with E-state index in [1.807, 2.05) is 25.1 Å². The zero-order valence-electron chi connectivity index (χ0n) is 9.45. The maximum absolute atomic E-state index is 11.3. The SMILES string of the molecule is CN(C)CCC(C)(C(=O)O)c1cc[nH]c1. The Morgan fingerprint density at radius 2 is 2.27 bits per heavy atom. The maximum atomic E-state index is 11.3. The van der Waals surface area contributed by atoms with E-state index in [1.54, 1.807) is 19.3 Å². The Balaban J connectivity index is 2.85. The summed E-state index contributed by atoms with van der Waals surface area (Å²) < 4.78 is 0. The average Bonchev–Trinajstić information content (AvgIpc) is 2.66. The molecule has 1 unspecified atom stereocenters. The van der Waals surface area contributed by atoms with Crippen LogP contribution in [-0.2, 0) is 10.2 Å². The Labute approximate surface area is 89.9 Å². The van der Waals surface area contributed by atoms with Crippen LogP contribution in [0.15, 0.2) is 18.5 Å². The normalized spacial score (nSPS) is 15.2. The number of rotatable bonds is 5. The van der Waals surface area contributed by atoms with Gasteiger partial charge in [-0.25, -0.2) is 0 Å². The molecule has 0 radical (unpaired) electrons. The van der Waals surface area contributed by atoms with Gasteiger partial charge in [0.1, 0.15) is 0 Å². The second-order valence-corrected chi connectivity index (χ2v) is 4.29. The number of carboxylic acid groups (broad SMARTS) is 1. The molecule has 1 aromatic heterocycles. The molecule has 0 saturated heterocycles. The van der Waals surface area contributed by atoms with E-state index in [0.29, 0.717) is 6.42 Å². The molecule has 1 heterocycles. The van der Waals surface area contributed by atoms with Crippen molar-refractivity contribution in [2.75, 3.05) is 20.6 Å². The lowest BCUT2D eigenvalue weighted by Gasteiger charge is -2.25. The number of carbonyl (C=O) groups is 1. The highest BCUT2D eigenvalue weighted by molar-refractivity contribution is 5.80. The molecule has 1 aromatic rings. The molecule has 0 aliphatic rings. The van der Waals surface area contributed by atoms with Crippen LogP contribution < -0.4 is 0 Å². The van der Waals surface area contributed by atoms with Crippen molar-refractivity contribution >= 4 is 5.97 Å². The van der Waals surface area contributed by atoms with Crippen LogP contribution in [0.3, 0.4) is 0 Å². The van der Waals surface area contributed by atoms with Crippen LogP contribution in [0.1, 0.15) is 18.9 Å². The van der Waals surface area contributed by atoms with Gasteiger partial charge < -0.3 is 15.0 Å². The Morgan fingerprint density at radius 1 is 1.60 bits per heavy atom. The van der Waals surface area contributed by atoms with Crippen molar-refractivity contribution in [2.24, 2.45) is 0 Å². The number of hydrogen-bond acceptors (Lipinski definition) is 2. The van der Waals surface area contributed by atoms with Gasteiger partial charge in [0.2, 0.25) is 0 Å². The highest BCUT2D eigenvalue weighted by atomic mass is 16.4. The van der Waals surface area contributed by atoms with Gasteiger partial charge in [0.05, 0.1) is 5.41 Å². The van der Waals surface area contributed by atoms with Crippen LogP contribution in [0, 0.1) is 0 Å². The summed E-state index contributed by atoms with van der Waals surface area (Å²) in [6.45, 7) is 2.52. The van der Waals surface area contributed by atoms with E-state index < -0.39 is 11.4 Å². The Bertz CT molecular complexity index is 319. The summed E-state index contributed by atoms with van der Waals surface area (Å²) >= 11 is 0. The first-order valence-electron chi connectivity index (χ1n) is 4.98. The van der Waals surface area contributed by atoms with Gasteiger partial charge in [0.15, 0.2) is 0 Å². The van der Waals surface area contributed by atoms with Gasteiger partial charge in [-0.2, -0.15) is 0 Å². The first kappa shape index (κ1) is 11.8. The molecule has 0 fully saturated rings. The number of hydrogen-bond donors (Lipinski definition) is 2. The fraction of sp³-hybridized carbons (Fsp3) is 0.545. The van der Waals surface area contributed by atoms with Crippen LogP contribution >= 0.6 is 0 Å². The Kier molecular flexibility index (Phi) is 3.52. The van der Waals surface area contributed by atoms with E-state index >= 15 is 0 Å². The summed E-state index contributed by atoms with van der Waals surface area (Å²) in [5.74, 6) is -0.774. The lowest BCUT2D eigenvalue weighted by Crippen LogP contribution is -2.35. The van der Waals surface area contributed by atoms with Gasteiger partial charge in [-0.3, -0.25) is 4.79 Å². The van der Waals surface area contributed by atoms with Gasteiger partial charge in [0.25, 0.3) is 0 Å². The van der Waals surface area contributed by atoms with Crippen molar-refractivity contribution in [1.29, 1.82) is 0 Å². The lowest BCUT2D eigenvalue weighted by molar-refractivity contribution is -0.143. The Hall–Kier alpha value is -1.29. The summed E-state index contributed by atoms with van der Waals surface area (Å²) in [5.41, 5.74) is 0.0291. The van der Waals surface area contributed by atoms with Crippen molar-refractivity contribution < 1.29 is 9.90 Å². The van der Waals surface area contributed by atoms with Crippen molar-refractivity contribution in [2.45, 2.75) is 18.8 Å². The van der Waals surface area contributed by atoms with Crippen molar-refractivity contribution in [1.82, 2.24) is 9.88 Å². The second-order valence-electron chi connectivity index (χ2n) is 4.29. The first-order chi connectivity index (χ1) is 6.97. The molecule has 0 spiro atoms. The minimum absolute atomic E-state index is 0.604. The quantitative estimate of drug-likeness (QED) is 0.770. The summed E-state index contributed by atoms with van der Waals surface area (Å²) in [4.78, 5) is 16.2. The fourth-order valence-electron chi connectivity index (χ4n) is 1.49. The highest BCUT2D eigenvalue weighted by Crippen LogP contribution is 2.27. The number of aromatic amines is 1. The van der Waals surface area contributed by atoms with E-state index in [1.165, 1.54) is 0 Å². The van der Waals surface area contributed by atoms with E-state index in [-0.39, 0.29) is 0 Å². The van der Waals surface area contributed by atoms with E-state index in [0.717, 1.165) is 12.1 Å². The number of nitrogens with zero attached hydrogens (tertiary/aromatic N) is 1. The molecule has 15 heavy (non-hydrogen) atoms. The van der Waals surface area contributed by atoms with Crippen LogP contribution in [0.2, 0.25) is 0 Å². The van der Waals surface area contributed by atoms with Gasteiger partial charge in [-0.05, 0) is 45.6 Å². The molecule has 0 aliphatic carbocycles. The molecule has 84 valence electrons. The van der Waals surface area contributed by atoms with Crippen molar-refractivity contribution in [3.8, 4) is 0 Å². The predicted molar refractivity (Wildman–Crippen MR) is 59.0 cm³/mol. The molecule has 4 nitrogen and oxygen atoms in total. The van der Waals surface area contributed by atoms with Crippen molar-refractivity contribution in [3.05, 3.63) is 24.0 Å². The third-order valence-corrected chi connectivity index (χ3v) is 2.77. The summed E-state index contributed by atoms with van der Waals surface area (Å²) in [5, 5.41) is 9.28. The van der Waals surface area contributed by atoms with Gasteiger partial charge >= 0.3 is 5.97 Å². The van der Waals surface area contributed by atoms with Crippen LogP contribution in [0.25, 0.3) is 0 Å². The zero-order valence-corrected chi connectivity index (χ0v) is 9.45. The minimum Gasteiger partial charge on any atom is -0.481 e. The van der Waals surface area contributed by atoms with E-state index in [2.05, 4.69) is 4.98 Å². The molecular weight excluding hydrogens is 192 g/mol. The molecule has 1 rings (SSSR count). The minimum atomic E-state index is -0.801. The number of aliphatic carboxylic acids is 1. The van der Waals surface area contributed by atoms with Gasteiger partial charge in [-0.15, -0.1) is 0 Å². The molecule has 0 bridgehead atoms. The first-order valence-corrected chi connectivity index (χ1v) is 4.98. The largest absolute Gasteiger partial charge is 0.481 e. The monoisotopic (exact) mass is 210 g/mol. The summed E-state index contributed by atoms with van der Waals surface area (Å²) in [6, 6.07) is 1.82. The summed E-state index contributed by atoms with van der Waals surface area (Å²) in [6.07, 6.45) is 4.11. The fourth-order valence-corrected chi connectivity index (χ4v) is 1.49. The molecular formula is C11H18N2O2.